The lowest BCUT2D eigenvalue weighted by atomic mass is 9.82. The number of carbonyl (C=O) groups excluding carboxylic acids is 1. The number of carboxylic acids is 1. The number of benzene rings is 2. The van der Waals surface area contributed by atoms with E-state index in [0.717, 1.165) is 36.1 Å². The molecular weight excluding hydrogens is 302 g/mol. The largest absolute Gasteiger partial charge is 0.481 e. The van der Waals surface area contributed by atoms with Crippen LogP contribution < -0.4 is 5.32 Å². The number of carbonyl (C=O) groups is 2. The zero-order valence-electron chi connectivity index (χ0n) is 13.5. The molecule has 0 aromatic heterocycles. The summed E-state index contributed by atoms with van der Waals surface area (Å²) in [6, 6.07) is 15.6. The lowest BCUT2D eigenvalue weighted by Gasteiger charge is -2.24. The van der Waals surface area contributed by atoms with E-state index < -0.39 is 5.97 Å². The summed E-state index contributed by atoms with van der Waals surface area (Å²) in [7, 11) is 0. The first kappa shape index (κ1) is 16.2. The Labute approximate surface area is 141 Å². The number of anilines is 1. The minimum atomic E-state index is -0.802. The molecule has 24 heavy (non-hydrogen) atoms. The van der Waals surface area contributed by atoms with E-state index >= 15 is 0 Å². The summed E-state index contributed by atoms with van der Waals surface area (Å²) in [5.74, 6) is -0.870. The minimum absolute atomic E-state index is 0.0282. The number of fused-ring (bicyclic) bond motifs is 1. The average Bonchev–Trinajstić information content (AvgIpc) is 2.60. The SMILES string of the molecule is O=C(O)CCc1ccc(NC(=O)C2CCCc3ccccc32)cc1. The van der Waals surface area contributed by atoms with Gasteiger partial charge in [0, 0.05) is 12.1 Å². The number of hydrogen-bond donors (Lipinski definition) is 2. The van der Waals surface area contributed by atoms with Crippen LogP contribution in [-0.2, 0) is 22.4 Å². The second kappa shape index (κ2) is 7.30. The van der Waals surface area contributed by atoms with Crippen molar-refractivity contribution in [2.24, 2.45) is 0 Å². The Balaban J connectivity index is 1.66. The molecule has 4 heteroatoms. The second-order valence-corrected chi connectivity index (χ2v) is 6.22. The molecule has 2 N–H and O–H groups in total. The number of aryl methyl sites for hydroxylation is 2. The van der Waals surface area contributed by atoms with Crippen LogP contribution in [0.3, 0.4) is 0 Å². The molecule has 2 aromatic carbocycles. The molecule has 124 valence electrons. The molecule has 0 saturated carbocycles. The van der Waals surface area contributed by atoms with E-state index in [1.54, 1.807) is 0 Å². The van der Waals surface area contributed by atoms with Gasteiger partial charge in [0.25, 0.3) is 0 Å². The molecule has 2 aromatic rings. The van der Waals surface area contributed by atoms with E-state index in [9.17, 15) is 9.59 Å². The van der Waals surface area contributed by atoms with Gasteiger partial charge in [0.1, 0.15) is 0 Å². The molecule has 1 aliphatic rings. The van der Waals surface area contributed by atoms with Crippen LogP contribution >= 0.6 is 0 Å². The van der Waals surface area contributed by atoms with Crippen LogP contribution in [0.4, 0.5) is 5.69 Å². The van der Waals surface area contributed by atoms with Gasteiger partial charge in [-0.2, -0.15) is 0 Å². The van der Waals surface area contributed by atoms with Crippen LogP contribution in [0, 0.1) is 0 Å². The molecule has 1 amide bonds. The first-order valence-electron chi connectivity index (χ1n) is 8.33. The zero-order valence-corrected chi connectivity index (χ0v) is 13.5. The molecule has 1 unspecified atom stereocenters. The summed E-state index contributed by atoms with van der Waals surface area (Å²) in [6.07, 6.45) is 3.56. The van der Waals surface area contributed by atoms with Gasteiger partial charge in [-0.1, -0.05) is 36.4 Å². The van der Waals surface area contributed by atoms with Crippen molar-refractivity contribution in [3.05, 3.63) is 65.2 Å². The Morgan fingerprint density at radius 1 is 1.08 bits per heavy atom. The van der Waals surface area contributed by atoms with Crippen LogP contribution in [0.1, 0.15) is 41.9 Å². The monoisotopic (exact) mass is 323 g/mol. The van der Waals surface area contributed by atoms with Crippen molar-refractivity contribution in [3.8, 4) is 0 Å². The van der Waals surface area contributed by atoms with Crippen LogP contribution in [0.2, 0.25) is 0 Å². The van der Waals surface area contributed by atoms with Crippen molar-refractivity contribution >= 4 is 17.6 Å². The zero-order chi connectivity index (χ0) is 16.9. The van der Waals surface area contributed by atoms with Crippen molar-refractivity contribution < 1.29 is 14.7 Å². The molecule has 3 rings (SSSR count). The van der Waals surface area contributed by atoms with Crippen molar-refractivity contribution in [2.45, 2.75) is 38.0 Å². The highest BCUT2D eigenvalue weighted by molar-refractivity contribution is 5.96. The maximum Gasteiger partial charge on any atom is 0.303 e. The quantitative estimate of drug-likeness (QED) is 0.880. The summed E-state index contributed by atoms with van der Waals surface area (Å²) in [4.78, 5) is 23.2. The number of rotatable bonds is 5. The standard InChI is InChI=1S/C20H21NO3/c22-19(23)13-10-14-8-11-16(12-9-14)21-20(24)18-7-3-5-15-4-1-2-6-17(15)18/h1-2,4,6,8-9,11-12,18H,3,5,7,10,13H2,(H,21,24)(H,22,23). The van der Waals surface area contributed by atoms with Crippen molar-refractivity contribution in [1.82, 2.24) is 0 Å². The number of hydrogen-bond acceptors (Lipinski definition) is 2. The summed E-state index contributed by atoms with van der Waals surface area (Å²) in [6.45, 7) is 0. The van der Waals surface area contributed by atoms with Crippen molar-refractivity contribution in [2.75, 3.05) is 5.32 Å². The van der Waals surface area contributed by atoms with Crippen molar-refractivity contribution in [3.63, 3.8) is 0 Å². The lowest BCUT2D eigenvalue weighted by molar-refractivity contribution is -0.137. The minimum Gasteiger partial charge on any atom is -0.481 e. The van der Waals surface area contributed by atoms with Crippen molar-refractivity contribution in [1.29, 1.82) is 0 Å². The predicted octanol–water partition coefficient (Wildman–Crippen LogP) is 3.76. The van der Waals surface area contributed by atoms with Gasteiger partial charge in [-0.05, 0) is 54.5 Å². The van der Waals surface area contributed by atoms with Crippen LogP contribution in [0.15, 0.2) is 48.5 Å². The number of amides is 1. The molecule has 0 aliphatic heterocycles. The van der Waals surface area contributed by atoms with Gasteiger partial charge in [0.2, 0.25) is 5.91 Å². The van der Waals surface area contributed by atoms with E-state index in [1.165, 1.54) is 5.56 Å². The van der Waals surface area contributed by atoms with Gasteiger partial charge in [-0.3, -0.25) is 9.59 Å². The fourth-order valence-electron chi connectivity index (χ4n) is 3.26. The van der Waals surface area contributed by atoms with Gasteiger partial charge < -0.3 is 10.4 Å². The van der Waals surface area contributed by atoms with E-state index in [1.807, 2.05) is 42.5 Å². The van der Waals surface area contributed by atoms with Crippen LogP contribution in [0.25, 0.3) is 0 Å². The van der Waals surface area contributed by atoms with Gasteiger partial charge in [-0.25, -0.2) is 0 Å². The highest BCUT2D eigenvalue weighted by Gasteiger charge is 2.26. The van der Waals surface area contributed by atoms with Crippen LogP contribution in [0.5, 0.6) is 0 Å². The maximum absolute atomic E-state index is 12.6. The van der Waals surface area contributed by atoms with E-state index in [2.05, 4.69) is 11.4 Å². The molecule has 0 bridgehead atoms. The third-order valence-corrected chi connectivity index (χ3v) is 4.53. The topological polar surface area (TPSA) is 66.4 Å². The summed E-state index contributed by atoms with van der Waals surface area (Å²) >= 11 is 0. The first-order chi connectivity index (χ1) is 11.6. The van der Waals surface area contributed by atoms with Gasteiger partial charge in [0.05, 0.1) is 5.92 Å². The van der Waals surface area contributed by atoms with E-state index in [4.69, 9.17) is 5.11 Å². The molecule has 1 aliphatic carbocycles. The maximum atomic E-state index is 12.6. The first-order valence-corrected chi connectivity index (χ1v) is 8.33. The third-order valence-electron chi connectivity index (χ3n) is 4.53. The Bertz CT molecular complexity index is 737. The van der Waals surface area contributed by atoms with Crippen LogP contribution in [-0.4, -0.2) is 17.0 Å². The molecule has 0 spiro atoms. The Kier molecular flexibility index (Phi) is 4.94. The number of carboxylic acid groups (broad SMARTS) is 1. The summed E-state index contributed by atoms with van der Waals surface area (Å²) < 4.78 is 0. The summed E-state index contributed by atoms with van der Waals surface area (Å²) in [5, 5.41) is 11.7. The van der Waals surface area contributed by atoms with Gasteiger partial charge >= 0.3 is 5.97 Å². The molecule has 0 heterocycles. The Hall–Kier alpha value is -2.62. The Morgan fingerprint density at radius 2 is 1.83 bits per heavy atom. The fraction of sp³-hybridized carbons (Fsp3) is 0.300. The average molecular weight is 323 g/mol. The molecule has 0 radical (unpaired) electrons. The molecule has 1 atom stereocenters. The van der Waals surface area contributed by atoms with Gasteiger partial charge in [0.15, 0.2) is 0 Å². The molecule has 0 saturated heterocycles. The molecular formula is C20H21NO3. The highest BCUT2D eigenvalue weighted by Crippen LogP contribution is 2.32. The van der Waals surface area contributed by atoms with E-state index in [-0.39, 0.29) is 18.2 Å². The highest BCUT2D eigenvalue weighted by atomic mass is 16.4. The van der Waals surface area contributed by atoms with Gasteiger partial charge in [-0.15, -0.1) is 0 Å². The van der Waals surface area contributed by atoms with E-state index in [0.29, 0.717) is 6.42 Å². The Morgan fingerprint density at radius 3 is 2.58 bits per heavy atom. The smallest absolute Gasteiger partial charge is 0.303 e. The normalized spacial score (nSPS) is 16.2. The third kappa shape index (κ3) is 3.82. The number of nitrogens with one attached hydrogen (secondary N) is 1. The predicted molar refractivity (Wildman–Crippen MR) is 93.1 cm³/mol. The summed E-state index contributed by atoms with van der Waals surface area (Å²) in [5.41, 5.74) is 4.12. The fourth-order valence-corrected chi connectivity index (χ4v) is 3.26. The lowest BCUT2D eigenvalue weighted by Crippen LogP contribution is -2.24. The molecule has 0 fully saturated rings. The molecule has 4 nitrogen and oxygen atoms in total. The second-order valence-electron chi connectivity index (χ2n) is 6.22. The number of aliphatic carboxylic acids is 1.